The predicted octanol–water partition coefficient (Wildman–Crippen LogP) is 4.24. The van der Waals surface area contributed by atoms with Crippen molar-refractivity contribution in [3.63, 3.8) is 0 Å². The number of esters is 1. The highest BCUT2D eigenvalue weighted by Gasteiger charge is 2.31. The molecule has 4 rings (SSSR count). The van der Waals surface area contributed by atoms with Crippen LogP contribution in [0.1, 0.15) is 33.6 Å². The van der Waals surface area contributed by atoms with E-state index in [4.69, 9.17) is 16.3 Å². The fourth-order valence-corrected chi connectivity index (χ4v) is 4.10. The Morgan fingerprint density at radius 3 is 2.39 bits per heavy atom. The van der Waals surface area contributed by atoms with Crippen molar-refractivity contribution in [2.45, 2.75) is 13.8 Å². The van der Waals surface area contributed by atoms with Crippen molar-refractivity contribution in [1.29, 1.82) is 0 Å². The molecule has 2 aromatic carbocycles. The summed E-state index contributed by atoms with van der Waals surface area (Å²) in [4.78, 5) is 39.3. The van der Waals surface area contributed by atoms with Gasteiger partial charge in [0, 0.05) is 42.5 Å². The summed E-state index contributed by atoms with van der Waals surface area (Å²) in [5.74, 6) is -0.480. The molecule has 1 amide bonds. The quantitative estimate of drug-likeness (QED) is 0.525. The van der Waals surface area contributed by atoms with Crippen LogP contribution in [0.2, 0.25) is 5.02 Å². The van der Waals surface area contributed by atoms with Crippen LogP contribution < -0.4 is 4.90 Å². The van der Waals surface area contributed by atoms with E-state index in [2.05, 4.69) is 14.9 Å². The Morgan fingerprint density at radius 2 is 1.73 bits per heavy atom. The minimum atomic E-state index is -0.600. The molecule has 0 N–H and O–H groups in total. The molecule has 33 heavy (non-hydrogen) atoms. The normalized spacial score (nSPS) is 13.7. The van der Waals surface area contributed by atoms with E-state index in [1.165, 1.54) is 0 Å². The van der Waals surface area contributed by atoms with Crippen LogP contribution in [0.5, 0.6) is 0 Å². The smallest absolute Gasteiger partial charge is 0.342 e. The van der Waals surface area contributed by atoms with E-state index in [1.54, 1.807) is 18.7 Å². The maximum Gasteiger partial charge on any atom is 0.342 e. The van der Waals surface area contributed by atoms with Crippen LogP contribution in [-0.2, 0) is 4.74 Å². The Bertz CT molecular complexity index is 1160. The first kappa shape index (κ1) is 22.7. The van der Waals surface area contributed by atoms with Crippen LogP contribution in [0.15, 0.2) is 54.6 Å². The second kappa shape index (κ2) is 10.0. The molecule has 170 valence electrons. The first-order chi connectivity index (χ1) is 16.0. The van der Waals surface area contributed by atoms with Crippen molar-refractivity contribution >= 4 is 29.2 Å². The number of hydrogen-bond acceptors (Lipinski definition) is 6. The number of aromatic nitrogens is 2. The van der Waals surface area contributed by atoms with Crippen LogP contribution in [0.25, 0.3) is 11.3 Å². The number of carbonyl (C=O) groups is 2. The molecule has 1 aliphatic heterocycles. The number of piperazine rings is 1. The number of rotatable bonds is 5. The summed E-state index contributed by atoms with van der Waals surface area (Å²) in [6, 6.07) is 17.0. The monoisotopic (exact) mass is 464 g/mol. The summed E-state index contributed by atoms with van der Waals surface area (Å²) in [5.41, 5.74) is 2.34. The van der Waals surface area contributed by atoms with Crippen molar-refractivity contribution in [2.24, 2.45) is 0 Å². The van der Waals surface area contributed by atoms with E-state index in [1.807, 2.05) is 54.6 Å². The van der Waals surface area contributed by atoms with E-state index >= 15 is 0 Å². The van der Waals surface area contributed by atoms with Gasteiger partial charge in [0.25, 0.3) is 5.91 Å². The molecule has 0 spiro atoms. The van der Waals surface area contributed by atoms with E-state index < -0.39 is 5.97 Å². The topological polar surface area (TPSA) is 75.6 Å². The van der Waals surface area contributed by atoms with E-state index in [9.17, 15) is 9.59 Å². The molecule has 0 saturated carbocycles. The number of anilines is 1. The number of ether oxygens (including phenoxy) is 1. The van der Waals surface area contributed by atoms with Crippen molar-refractivity contribution < 1.29 is 14.3 Å². The molecule has 0 bridgehead atoms. The molecular formula is C25H25ClN4O3. The largest absolute Gasteiger partial charge is 0.462 e. The molecular weight excluding hydrogens is 440 g/mol. The zero-order valence-corrected chi connectivity index (χ0v) is 19.4. The van der Waals surface area contributed by atoms with Gasteiger partial charge in [0.05, 0.1) is 12.3 Å². The van der Waals surface area contributed by atoms with Crippen LogP contribution >= 0.6 is 11.6 Å². The number of hydrogen-bond donors (Lipinski definition) is 0. The molecule has 1 aliphatic rings. The lowest BCUT2D eigenvalue weighted by atomic mass is 10.0. The highest BCUT2D eigenvalue weighted by Crippen LogP contribution is 2.27. The van der Waals surface area contributed by atoms with Gasteiger partial charge in [-0.1, -0.05) is 48.0 Å². The average molecular weight is 465 g/mol. The van der Waals surface area contributed by atoms with Gasteiger partial charge in [0.1, 0.15) is 17.1 Å². The summed E-state index contributed by atoms with van der Waals surface area (Å²) < 4.78 is 5.28. The molecule has 0 atom stereocenters. The zero-order valence-electron chi connectivity index (χ0n) is 18.6. The Labute approximate surface area is 198 Å². The summed E-state index contributed by atoms with van der Waals surface area (Å²) >= 11 is 6.13. The number of carbonyl (C=O) groups excluding carboxylic acids is 2. The van der Waals surface area contributed by atoms with Gasteiger partial charge < -0.3 is 14.5 Å². The van der Waals surface area contributed by atoms with Gasteiger partial charge >= 0.3 is 5.97 Å². The first-order valence-corrected chi connectivity index (χ1v) is 11.3. The van der Waals surface area contributed by atoms with Crippen LogP contribution in [-0.4, -0.2) is 59.5 Å². The number of aryl methyl sites for hydroxylation is 1. The second-order valence-corrected chi connectivity index (χ2v) is 8.13. The fraction of sp³-hybridized carbons (Fsp3) is 0.280. The first-order valence-electron chi connectivity index (χ1n) is 10.9. The van der Waals surface area contributed by atoms with Crippen LogP contribution in [0.3, 0.4) is 0 Å². The molecule has 3 aromatic rings. The highest BCUT2D eigenvalue weighted by molar-refractivity contribution is 6.30. The van der Waals surface area contributed by atoms with E-state index in [0.717, 1.165) is 11.3 Å². The lowest BCUT2D eigenvalue weighted by molar-refractivity contribution is 0.0517. The molecule has 8 heteroatoms. The fourth-order valence-electron chi connectivity index (χ4n) is 3.92. The second-order valence-electron chi connectivity index (χ2n) is 7.69. The standard InChI is InChI=1S/C25H25ClN4O3/c1-3-33-25(32)21-22(18-8-5-4-6-9-18)27-17(2)28-23(21)24(31)30-14-12-29(13-15-30)20-11-7-10-19(26)16-20/h4-11,16H,3,12-15H2,1-2H3. The van der Waals surface area contributed by atoms with Gasteiger partial charge in [-0.05, 0) is 32.0 Å². The number of amides is 1. The Hall–Kier alpha value is -3.45. The third-order valence-electron chi connectivity index (χ3n) is 5.49. The number of nitrogens with zero attached hydrogens (tertiary/aromatic N) is 4. The van der Waals surface area contributed by atoms with Gasteiger partial charge in [-0.25, -0.2) is 14.8 Å². The van der Waals surface area contributed by atoms with Gasteiger partial charge in [-0.2, -0.15) is 0 Å². The van der Waals surface area contributed by atoms with Crippen molar-refractivity contribution in [3.8, 4) is 11.3 Å². The lowest BCUT2D eigenvalue weighted by Crippen LogP contribution is -2.49. The maximum absolute atomic E-state index is 13.6. The average Bonchev–Trinajstić information content (AvgIpc) is 2.84. The van der Waals surface area contributed by atoms with Crippen LogP contribution in [0.4, 0.5) is 5.69 Å². The molecule has 0 unspecified atom stereocenters. The van der Waals surface area contributed by atoms with Crippen molar-refractivity contribution in [1.82, 2.24) is 14.9 Å². The summed E-state index contributed by atoms with van der Waals surface area (Å²) in [6.07, 6.45) is 0. The third-order valence-corrected chi connectivity index (χ3v) is 5.73. The number of benzene rings is 2. The summed E-state index contributed by atoms with van der Waals surface area (Å²) in [5, 5.41) is 0.676. The van der Waals surface area contributed by atoms with Crippen molar-refractivity contribution in [2.75, 3.05) is 37.7 Å². The molecule has 7 nitrogen and oxygen atoms in total. The van der Waals surface area contributed by atoms with Gasteiger partial charge in [-0.3, -0.25) is 4.79 Å². The number of halogens is 1. The molecule has 0 radical (unpaired) electrons. The molecule has 0 aliphatic carbocycles. The third kappa shape index (κ3) is 4.98. The Balaban J connectivity index is 1.65. The minimum absolute atomic E-state index is 0.0796. The predicted molar refractivity (Wildman–Crippen MR) is 128 cm³/mol. The lowest BCUT2D eigenvalue weighted by Gasteiger charge is -2.36. The summed E-state index contributed by atoms with van der Waals surface area (Å²) in [7, 11) is 0. The minimum Gasteiger partial charge on any atom is -0.462 e. The Kier molecular flexibility index (Phi) is 6.89. The molecule has 1 aromatic heterocycles. The molecule has 2 heterocycles. The van der Waals surface area contributed by atoms with E-state index in [-0.39, 0.29) is 23.8 Å². The van der Waals surface area contributed by atoms with E-state index in [0.29, 0.717) is 42.7 Å². The maximum atomic E-state index is 13.6. The van der Waals surface area contributed by atoms with Gasteiger partial charge in [-0.15, -0.1) is 0 Å². The SMILES string of the molecule is CCOC(=O)c1c(C(=O)N2CCN(c3cccc(Cl)c3)CC2)nc(C)nc1-c1ccccc1. The summed E-state index contributed by atoms with van der Waals surface area (Å²) in [6.45, 7) is 5.93. The van der Waals surface area contributed by atoms with Crippen molar-refractivity contribution in [3.05, 3.63) is 76.7 Å². The zero-order chi connectivity index (χ0) is 23.4. The van der Waals surface area contributed by atoms with Gasteiger partial charge in [0.15, 0.2) is 0 Å². The highest BCUT2D eigenvalue weighted by atomic mass is 35.5. The van der Waals surface area contributed by atoms with Gasteiger partial charge in [0.2, 0.25) is 0 Å². The Morgan fingerprint density at radius 1 is 1.00 bits per heavy atom. The van der Waals surface area contributed by atoms with Crippen LogP contribution in [0, 0.1) is 6.92 Å². The molecule has 1 saturated heterocycles. The molecule has 1 fully saturated rings.